The second kappa shape index (κ2) is 6.83. The Hall–Kier alpha value is -2.34. The van der Waals surface area contributed by atoms with Crippen LogP contribution in [-0.4, -0.2) is 30.4 Å². The minimum Gasteiger partial charge on any atom is -0.491 e. The number of amides is 1. The number of nitrogens with zero attached hydrogens (tertiary/aromatic N) is 1. The molecule has 122 valence electrons. The molecule has 0 radical (unpaired) electrons. The highest BCUT2D eigenvalue weighted by Gasteiger charge is 2.18. The van der Waals surface area contributed by atoms with Crippen LogP contribution < -0.4 is 10.1 Å². The lowest BCUT2D eigenvalue weighted by molar-refractivity contribution is 0.0680. The molecule has 1 aliphatic heterocycles. The normalized spacial score (nSPS) is 17.2. The fourth-order valence-electron chi connectivity index (χ4n) is 2.63. The summed E-state index contributed by atoms with van der Waals surface area (Å²) in [7, 11) is 0. The van der Waals surface area contributed by atoms with E-state index in [9.17, 15) is 4.79 Å². The molecule has 1 N–H and O–H groups in total. The predicted molar refractivity (Wildman–Crippen MR) is 84.8 cm³/mol. The standard InChI is InChI=1S/C17H20N2O4/c1-11-16(12(2)23-19-11)17(20)18-13-5-3-6-14(9-13)22-10-15-7-4-8-21-15/h3,5-6,9,15H,4,7-8,10H2,1-2H3,(H,18,20)/t15-/m1/s1. The van der Waals surface area contributed by atoms with Gasteiger partial charge in [-0.15, -0.1) is 0 Å². The van der Waals surface area contributed by atoms with Crippen LogP contribution in [0.4, 0.5) is 5.69 Å². The zero-order valence-corrected chi connectivity index (χ0v) is 13.3. The molecule has 0 aliphatic carbocycles. The van der Waals surface area contributed by atoms with E-state index >= 15 is 0 Å². The number of hydrogen-bond donors (Lipinski definition) is 1. The van der Waals surface area contributed by atoms with Gasteiger partial charge in [-0.3, -0.25) is 4.79 Å². The smallest absolute Gasteiger partial charge is 0.261 e. The van der Waals surface area contributed by atoms with Crippen molar-refractivity contribution in [3.8, 4) is 5.75 Å². The van der Waals surface area contributed by atoms with E-state index in [1.54, 1.807) is 19.9 Å². The van der Waals surface area contributed by atoms with Crippen LogP contribution in [-0.2, 0) is 4.74 Å². The minimum absolute atomic E-state index is 0.163. The van der Waals surface area contributed by atoms with E-state index in [4.69, 9.17) is 14.0 Å². The van der Waals surface area contributed by atoms with Gasteiger partial charge in [0.15, 0.2) is 0 Å². The number of nitrogens with one attached hydrogen (secondary N) is 1. The van der Waals surface area contributed by atoms with E-state index in [0.29, 0.717) is 35.1 Å². The van der Waals surface area contributed by atoms with E-state index in [0.717, 1.165) is 19.4 Å². The summed E-state index contributed by atoms with van der Waals surface area (Å²) >= 11 is 0. The number of ether oxygens (including phenoxy) is 2. The van der Waals surface area contributed by atoms with Crippen molar-refractivity contribution in [1.82, 2.24) is 5.16 Å². The Morgan fingerprint density at radius 3 is 3.00 bits per heavy atom. The Labute approximate surface area is 134 Å². The minimum atomic E-state index is -0.238. The van der Waals surface area contributed by atoms with Crippen molar-refractivity contribution in [2.45, 2.75) is 32.8 Å². The van der Waals surface area contributed by atoms with Gasteiger partial charge in [-0.05, 0) is 38.8 Å². The Balaban J connectivity index is 1.64. The van der Waals surface area contributed by atoms with Gasteiger partial charge in [0.1, 0.15) is 23.7 Å². The summed E-state index contributed by atoms with van der Waals surface area (Å²) in [6.07, 6.45) is 2.28. The quantitative estimate of drug-likeness (QED) is 0.917. The number of benzene rings is 1. The Kier molecular flexibility index (Phi) is 4.62. The fourth-order valence-corrected chi connectivity index (χ4v) is 2.63. The highest BCUT2D eigenvalue weighted by Crippen LogP contribution is 2.21. The first-order chi connectivity index (χ1) is 11.1. The Bertz CT molecular complexity index is 670. The molecule has 6 nitrogen and oxygen atoms in total. The number of aromatic nitrogens is 1. The van der Waals surface area contributed by atoms with Crippen LogP contribution in [0.2, 0.25) is 0 Å². The number of anilines is 1. The summed E-state index contributed by atoms with van der Waals surface area (Å²) in [6, 6.07) is 7.31. The summed E-state index contributed by atoms with van der Waals surface area (Å²) in [5.74, 6) is 0.973. The molecule has 0 saturated carbocycles. The van der Waals surface area contributed by atoms with Crippen LogP contribution in [0.3, 0.4) is 0 Å². The average molecular weight is 316 g/mol. The van der Waals surface area contributed by atoms with Crippen molar-refractivity contribution in [3.63, 3.8) is 0 Å². The lowest BCUT2D eigenvalue weighted by Gasteiger charge is -2.12. The van der Waals surface area contributed by atoms with Gasteiger partial charge < -0.3 is 19.3 Å². The maximum atomic E-state index is 12.3. The molecule has 6 heteroatoms. The maximum Gasteiger partial charge on any atom is 0.261 e. The first-order valence-electron chi connectivity index (χ1n) is 7.72. The van der Waals surface area contributed by atoms with Crippen molar-refractivity contribution in [2.24, 2.45) is 0 Å². The van der Waals surface area contributed by atoms with Crippen LogP contribution in [0.15, 0.2) is 28.8 Å². The Morgan fingerprint density at radius 2 is 2.30 bits per heavy atom. The molecule has 0 unspecified atom stereocenters. The van der Waals surface area contributed by atoms with Gasteiger partial charge in [0.2, 0.25) is 0 Å². The highest BCUT2D eigenvalue weighted by atomic mass is 16.5. The van der Waals surface area contributed by atoms with Crippen molar-refractivity contribution in [1.29, 1.82) is 0 Å². The van der Waals surface area contributed by atoms with Crippen LogP contribution in [0, 0.1) is 13.8 Å². The summed E-state index contributed by atoms with van der Waals surface area (Å²) in [4.78, 5) is 12.3. The van der Waals surface area contributed by atoms with Gasteiger partial charge in [0, 0.05) is 18.4 Å². The van der Waals surface area contributed by atoms with Gasteiger partial charge in [-0.1, -0.05) is 11.2 Å². The van der Waals surface area contributed by atoms with Gasteiger partial charge in [0.25, 0.3) is 5.91 Å². The molecule has 23 heavy (non-hydrogen) atoms. The zero-order chi connectivity index (χ0) is 16.2. The van der Waals surface area contributed by atoms with E-state index in [-0.39, 0.29) is 12.0 Å². The third kappa shape index (κ3) is 3.71. The topological polar surface area (TPSA) is 73.6 Å². The highest BCUT2D eigenvalue weighted by molar-refractivity contribution is 6.05. The Morgan fingerprint density at radius 1 is 1.43 bits per heavy atom. The summed E-state index contributed by atoms with van der Waals surface area (Å²) < 4.78 is 16.3. The number of aryl methyl sites for hydroxylation is 2. The molecule has 1 fully saturated rings. The van der Waals surface area contributed by atoms with Gasteiger partial charge >= 0.3 is 0 Å². The van der Waals surface area contributed by atoms with Gasteiger partial charge in [-0.2, -0.15) is 0 Å². The third-order valence-electron chi connectivity index (χ3n) is 3.81. The maximum absolute atomic E-state index is 12.3. The summed E-state index contributed by atoms with van der Waals surface area (Å²) in [5, 5.41) is 6.64. The molecular weight excluding hydrogens is 296 g/mol. The number of carbonyl (C=O) groups excluding carboxylic acids is 1. The van der Waals surface area contributed by atoms with Crippen LogP contribution >= 0.6 is 0 Å². The number of hydrogen-bond acceptors (Lipinski definition) is 5. The third-order valence-corrected chi connectivity index (χ3v) is 3.81. The van der Waals surface area contributed by atoms with E-state index in [2.05, 4.69) is 10.5 Å². The molecule has 1 aliphatic rings. The molecule has 1 aromatic carbocycles. The fraction of sp³-hybridized carbons (Fsp3) is 0.412. The molecule has 3 rings (SSSR count). The lowest BCUT2D eigenvalue weighted by atomic mass is 10.2. The van der Waals surface area contributed by atoms with Gasteiger partial charge in [-0.25, -0.2) is 0 Å². The number of carbonyl (C=O) groups is 1. The molecule has 1 aromatic heterocycles. The summed E-state index contributed by atoms with van der Waals surface area (Å²) in [6.45, 7) is 4.80. The molecule has 1 saturated heterocycles. The van der Waals surface area contributed by atoms with Crippen molar-refractivity contribution < 1.29 is 18.8 Å². The van der Waals surface area contributed by atoms with Gasteiger partial charge in [0.05, 0.1) is 11.8 Å². The van der Waals surface area contributed by atoms with E-state index in [1.165, 1.54) is 0 Å². The number of rotatable bonds is 5. The van der Waals surface area contributed by atoms with E-state index < -0.39 is 0 Å². The van der Waals surface area contributed by atoms with Crippen molar-refractivity contribution >= 4 is 11.6 Å². The monoisotopic (exact) mass is 316 g/mol. The van der Waals surface area contributed by atoms with Crippen molar-refractivity contribution in [3.05, 3.63) is 41.3 Å². The second-order valence-electron chi connectivity index (χ2n) is 5.63. The SMILES string of the molecule is Cc1noc(C)c1C(=O)Nc1cccc(OC[C@H]2CCCO2)c1. The molecule has 0 spiro atoms. The molecule has 1 amide bonds. The predicted octanol–water partition coefficient (Wildman–Crippen LogP) is 3.10. The molecule has 2 aromatic rings. The molecule has 1 atom stereocenters. The first kappa shape index (κ1) is 15.6. The van der Waals surface area contributed by atoms with Crippen LogP contribution in [0.1, 0.15) is 34.7 Å². The average Bonchev–Trinajstić information content (AvgIpc) is 3.15. The van der Waals surface area contributed by atoms with Crippen LogP contribution in [0.5, 0.6) is 5.75 Å². The molecule has 0 bridgehead atoms. The van der Waals surface area contributed by atoms with Crippen LogP contribution in [0.25, 0.3) is 0 Å². The largest absolute Gasteiger partial charge is 0.491 e. The van der Waals surface area contributed by atoms with Crippen molar-refractivity contribution in [2.75, 3.05) is 18.5 Å². The molecular formula is C17H20N2O4. The first-order valence-corrected chi connectivity index (χ1v) is 7.72. The summed E-state index contributed by atoms with van der Waals surface area (Å²) in [5.41, 5.74) is 1.71. The lowest BCUT2D eigenvalue weighted by Crippen LogP contribution is -2.16. The second-order valence-corrected chi connectivity index (χ2v) is 5.63. The van der Waals surface area contributed by atoms with E-state index in [1.807, 2.05) is 18.2 Å². The molecule has 2 heterocycles. The zero-order valence-electron chi connectivity index (χ0n) is 13.3.